The number of hydrogen-bond donors (Lipinski definition) is 2. The van der Waals surface area contributed by atoms with E-state index in [1.54, 1.807) is 19.1 Å². The SMILES string of the molecule is Cc1nc(Nc2ccc(F)cc2)cc(C(=O)NC2CCS(=O)(=O)C2)n1. The van der Waals surface area contributed by atoms with E-state index < -0.39 is 21.8 Å². The van der Waals surface area contributed by atoms with Gasteiger partial charge in [0.1, 0.15) is 23.2 Å². The van der Waals surface area contributed by atoms with E-state index in [0.717, 1.165) is 0 Å². The van der Waals surface area contributed by atoms with Crippen LogP contribution in [0.1, 0.15) is 22.7 Å². The van der Waals surface area contributed by atoms with Gasteiger partial charge in [0, 0.05) is 17.8 Å². The maximum atomic E-state index is 13.0. The highest BCUT2D eigenvalue weighted by atomic mass is 32.2. The van der Waals surface area contributed by atoms with E-state index >= 15 is 0 Å². The molecule has 2 aromatic rings. The molecule has 2 N–H and O–H groups in total. The Morgan fingerprint density at radius 2 is 1.96 bits per heavy atom. The summed E-state index contributed by atoms with van der Waals surface area (Å²) >= 11 is 0. The van der Waals surface area contributed by atoms with Crippen molar-refractivity contribution in [2.75, 3.05) is 16.8 Å². The van der Waals surface area contributed by atoms with Gasteiger partial charge in [0.25, 0.3) is 5.91 Å². The summed E-state index contributed by atoms with van der Waals surface area (Å²) in [6, 6.07) is 6.79. The van der Waals surface area contributed by atoms with Gasteiger partial charge in [0.05, 0.1) is 11.5 Å². The lowest BCUT2D eigenvalue weighted by atomic mass is 10.2. The summed E-state index contributed by atoms with van der Waals surface area (Å²) in [5.41, 5.74) is 0.758. The third-order valence-electron chi connectivity index (χ3n) is 3.75. The van der Waals surface area contributed by atoms with Crippen molar-refractivity contribution in [3.63, 3.8) is 0 Å². The van der Waals surface area contributed by atoms with Crippen LogP contribution in [0.4, 0.5) is 15.9 Å². The minimum Gasteiger partial charge on any atom is -0.347 e. The summed E-state index contributed by atoms with van der Waals surface area (Å²) in [5.74, 6) is 0.00657. The van der Waals surface area contributed by atoms with Gasteiger partial charge >= 0.3 is 0 Å². The Morgan fingerprint density at radius 1 is 1.24 bits per heavy atom. The zero-order valence-electron chi connectivity index (χ0n) is 13.5. The summed E-state index contributed by atoms with van der Waals surface area (Å²) < 4.78 is 35.9. The van der Waals surface area contributed by atoms with Gasteiger partial charge in [-0.15, -0.1) is 0 Å². The molecule has 1 atom stereocenters. The molecule has 132 valence electrons. The van der Waals surface area contributed by atoms with E-state index in [1.165, 1.54) is 18.2 Å². The molecule has 0 aliphatic carbocycles. The van der Waals surface area contributed by atoms with Gasteiger partial charge in [-0.25, -0.2) is 22.8 Å². The van der Waals surface area contributed by atoms with Crippen LogP contribution in [-0.2, 0) is 9.84 Å². The van der Waals surface area contributed by atoms with Gasteiger partial charge in [-0.05, 0) is 37.6 Å². The predicted molar refractivity (Wildman–Crippen MR) is 91.0 cm³/mol. The third-order valence-corrected chi connectivity index (χ3v) is 5.52. The number of amides is 1. The molecule has 1 aromatic heterocycles. The maximum absolute atomic E-state index is 13.0. The molecule has 9 heteroatoms. The average molecular weight is 364 g/mol. The van der Waals surface area contributed by atoms with Crippen molar-refractivity contribution in [1.29, 1.82) is 0 Å². The number of nitrogens with zero attached hydrogens (tertiary/aromatic N) is 2. The molecular formula is C16H17FN4O3S. The molecule has 1 unspecified atom stereocenters. The highest BCUT2D eigenvalue weighted by Gasteiger charge is 2.29. The average Bonchev–Trinajstić information content (AvgIpc) is 2.88. The van der Waals surface area contributed by atoms with Crippen LogP contribution in [0.2, 0.25) is 0 Å². The fourth-order valence-corrected chi connectivity index (χ4v) is 4.27. The first-order valence-electron chi connectivity index (χ1n) is 7.70. The topological polar surface area (TPSA) is 101 Å². The van der Waals surface area contributed by atoms with Crippen LogP contribution in [0.15, 0.2) is 30.3 Å². The molecule has 1 aliphatic heterocycles. The van der Waals surface area contributed by atoms with E-state index in [4.69, 9.17) is 0 Å². The summed E-state index contributed by atoms with van der Waals surface area (Å²) in [7, 11) is -3.07. The van der Waals surface area contributed by atoms with Gasteiger partial charge in [0.15, 0.2) is 9.84 Å². The fourth-order valence-electron chi connectivity index (χ4n) is 2.60. The second-order valence-corrected chi connectivity index (χ2v) is 8.12. The van der Waals surface area contributed by atoms with Crippen LogP contribution in [0.5, 0.6) is 0 Å². The lowest BCUT2D eigenvalue weighted by Crippen LogP contribution is -2.36. The molecule has 0 bridgehead atoms. The molecule has 0 radical (unpaired) electrons. The Labute approximate surface area is 144 Å². The number of hydrogen-bond acceptors (Lipinski definition) is 6. The quantitative estimate of drug-likeness (QED) is 0.854. The first-order chi connectivity index (χ1) is 11.8. The molecule has 1 aromatic carbocycles. The fraction of sp³-hybridized carbons (Fsp3) is 0.312. The van der Waals surface area contributed by atoms with Crippen LogP contribution >= 0.6 is 0 Å². The van der Waals surface area contributed by atoms with Crippen LogP contribution in [0.3, 0.4) is 0 Å². The summed E-state index contributed by atoms with van der Waals surface area (Å²) in [6.07, 6.45) is 0.402. The number of carbonyl (C=O) groups is 1. The van der Waals surface area contributed by atoms with Crippen molar-refractivity contribution in [1.82, 2.24) is 15.3 Å². The Morgan fingerprint density at radius 3 is 2.60 bits per heavy atom. The van der Waals surface area contributed by atoms with Crippen LogP contribution in [0, 0.1) is 12.7 Å². The van der Waals surface area contributed by atoms with Gasteiger partial charge < -0.3 is 10.6 Å². The van der Waals surface area contributed by atoms with E-state index in [0.29, 0.717) is 23.8 Å². The van der Waals surface area contributed by atoms with E-state index in [-0.39, 0.29) is 23.0 Å². The molecule has 0 saturated carbocycles. The predicted octanol–water partition coefficient (Wildman–Crippen LogP) is 1.58. The lowest BCUT2D eigenvalue weighted by molar-refractivity contribution is 0.0935. The number of aromatic nitrogens is 2. The number of sulfone groups is 1. The smallest absolute Gasteiger partial charge is 0.270 e. The second kappa shape index (κ2) is 6.75. The molecule has 1 saturated heterocycles. The van der Waals surface area contributed by atoms with Crippen LogP contribution in [0.25, 0.3) is 0 Å². The molecule has 3 rings (SSSR count). The number of anilines is 2. The van der Waals surface area contributed by atoms with Crippen molar-refractivity contribution in [2.24, 2.45) is 0 Å². The van der Waals surface area contributed by atoms with Crippen molar-refractivity contribution in [2.45, 2.75) is 19.4 Å². The number of rotatable bonds is 4. The molecular weight excluding hydrogens is 347 g/mol. The Balaban J connectivity index is 1.74. The van der Waals surface area contributed by atoms with Crippen LogP contribution < -0.4 is 10.6 Å². The molecule has 2 heterocycles. The lowest BCUT2D eigenvalue weighted by Gasteiger charge is -2.12. The first-order valence-corrected chi connectivity index (χ1v) is 9.52. The number of carbonyl (C=O) groups excluding carboxylic acids is 1. The number of benzene rings is 1. The van der Waals surface area contributed by atoms with Gasteiger partial charge in [-0.2, -0.15) is 0 Å². The summed E-state index contributed by atoms with van der Waals surface area (Å²) in [4.78, 5) is 20.6. The number of halogens is 1. The molecule has 25 heavy (non-hydrogen) atoms. The second-order valence-electron chi connectivity index (χ2n) is 5.89. The van der Waals surface area contributed by atoms with Crippen LogP contribution in [-0.4, -0.2) is 41.8 Å². The number of nitrogens with one attached hydrogen (secondary N) is 2. The van der Waals surface area contributed by atoms with E-state index in [1.807, 2.05) is 0 Å². The van der Waals surface area contributed by atoms with E-state index in [2.05, 4.69) is 20.6 Å². The highest BCUT2D eigenvalue weighted by molar-refractivity contribution is 7.91. The zero-order valence-corrected chi connectivity index (χ0v) is 14.3. The Bertz CT molecular complexity index is 900. The molecule has 1 fully saturated rings. The summed E-state index contributed by atoms with van der Waals surface area (Å²) in [5, 5.41) is 5.67. The van der Waals surface area contributed by atoms with Crippen molar-refractivity contribution in [3.8, 4) is 0 Å². The zero-order chi connectivity index (χ0) is 18.0. The molecule has 1 amide bonds. The normalized spacial score (nSPS) is 18.7. The summed E-state index contributed by atoms with van der Waals surface area (Å²) in [6.45, 7) is 1.65. The minimum atomic E-state index is -3.07. The minimum absolute atomic E-state index is 0.0521. The maximum Gasteiger partial charge on any atom is 0.270 e. The van der Waals surface area contributed by atoms with Crippen molar-refractivity contribution in [3.05, 3.63) is 47.7 Å². The molecule has 1 aliphatic rings. The highest BCUT2D eigenvalue weighted by Crippen LogP contribution is 2.17. The Hall–Kier alpha value is -2.55. The number of aryl methyl sites for hydroxylation is 1. The monoisotopic (exact) mass is 364 g/mol. The first kappa shape index (κ1) is 17.3. The van der Waals surface area contributed by atoms with E-state index in [9.17, 15) is 17.6 Å². The molecule has 0 spiro atoms. The van der Waals surface area contributed by atoms with Crippen molar-refractivity contribution >= 4 is 27.2 Å². The third kappa shape index (κ3) is 4.50. The van der Waals surface area contributed by atoms with Crippen molar-refractivity contribution < 1.29 is 17.6 Å². The Kier molecular flexibility index (Phi) is 4.67. The van der Waals surface area contributed by atoms with Gasteiger partial charge in [-0.3, -0.25) is 4.79 Å². The van der Waals surface area contributed by atoms with Gasteiger partial charge in [-0.1, -0.05) is 0 Å². The standard InChI is InChI=1S/C16H17FN4O3S/c1-10-18-14(16(22)21-13-6-7-25(23,24)9-13)8-15(19-10)20-12-4-2-11(17)3-5-12/h2-5,8,13H,6-7,9H2,1H3,(H,21,22)(H,18,19,20). The largest absolute Gasteiger partial charge is 0.347 e. The molecule has 7 nitrogen and oxygen atoms in total. The van der Waals surface area contributed by atoms with Gasteiger partial charge in [0.2, 0.25) is 0 Å².